The number of aromatic nitrogens is 1. The lowest BCUT2D eigenvalue weighted by Gasteiger charge is -2.13. The molecule has 1 N–H and O–H groups in total. The van der Waals surface area contributed by atoms with Gasteiger partial charge >= 0.3 is 4.87 Å². The van der Waals surface area contributed by atoms with E-state index in [2.05, 4.69) is 4.72 Å². The lowest BCUT2D eigenvalue weighted by molar-refractivity contribution is 0.485. The molecule has 0 bridgehead atoms. The van der Waals surface area contributed by atoms with E-state index < -0.39 is 10.0 Å². The number of para-hydroxylation sites is 3. The Morgan fingerprint density at radius 3 is 2.26 bits per heavy atom. The molecule has 34 heavy (non-hydrogen) atoms. The summed E-state index contributed by atoms with van der Waals surface area (Å²) in [6.07, 6.45) is 0. The Labute approximate surface area is 200 Å². The summed E-state index contributed by atoms with van der Waals surface area (Å²) in [5.74, 6) is 0.983. The van der Waals surface area contributed by atoms with Crippen molar-refractivity contribution in [3.05, 3.63) is 118 Å². The molecule has 0 aliphatic carbocycles. The highest BCUT2D eigenvalue weighted by atomic mass is 32.2. The van der Waals surface area contributed by atoms with E-state index in [4.69, 9.17) is 4.74 Å². The van der Waals surface area contributed by atoms with Gasteiger partial charge in [0.25, 0.3) is 10.0 Å². The van der Waals surface area contributed by atoms with E-state index in [1.54, 1.807) is 47.0 Å². The maximum atomic E-state index is 13.2. The number of anilines is 1. The van der Waals surface area contributed by atoms with Gasteiger partial charge in [0.05, 0.1) is 27.3 Å². The fourth-order valence-electron chi connectivity index (χ4n) is 3.59. The number of hydrogen-bond acceptors (Lipinski definition) is 5. The van der Waals surface area contributed by atoms with E-state index in [-0.39, 0.29) is 9.77 Å². The van der Waals surface area contributed by atoms with E-state index in [0.29, 0.717) is 33.9 Å². The Bertz CT molecular complexity index is 1610. The first-order valence-corrected chi connectivity index (χ1v) is 12.8. The summed E-state index contributed by atoms with van der Waals surface area (Å²) in [5.41, 5.74) is 2.02. The van der Waals surface area contributed by atoms with E-state index in [0.717, 1.165) is 16.9 Å². The van der Waals surface area contributed by atoms with Crippen molar-refractivity contribution in [3.8, 4) is 11.5 Å². The van der Waals surface area contributed by atoms with Crippen LogP contribution in [0.1, 0.15) is 5.56 Å². The number of rotatable bonds is 7. The van der Waals surface area contributed by atoms with E-state index >= 15 is 0 Å². The molecule has 0 amide bonds. The highest BCUT2D eigenvalue weighted by Crippen LogP contribution is 2.31. The zero-order valence-electron chi connectivity index (χ0n) is 17.9. The van der Waals surface area contributed by atoms with Crippen molar-refractivity contribution in [2.24, 2.45) is 0 Å². The molecule has 0 saturated carbocycles. The normalized spacial score (nSPS) is 11.4. The average molecular weight is 489 g/mol. The third-order valence-electron chi connectivity index (χ3n) is 5.24. The number of nitrogens with one attached hydrogen (secondary N) is 1. The predicted octanol–water partition coefficient (Wildman–Crippen LogP) is 5.70. The molecule has 8 heteroatoms. The van der Waals surface area contributed by atoms with Crippen molar-refractivity contribution in [2.45, 2.75) is 11.4 Å². The van der Waals surface area contributed by atoms with Gasteiger partial charge in [0.15, 0.2) is 5.75 Å². The second kappa shape index (κ2) is 9.17. The van der Waals surface area contributed by atoms with Gasteiger partial charge in [-0.25, -0.2) is 8.42 Å². The maximum absolute atomic E-state index is 13.2. The minimum absolute atomic E-state index is 0.0719. The zero-order valence-corrected chi connectivity index (χ0v) is 19.6. The van der Waals surface area contributed by atoms with Crippen LogP contribution in [0, 0.1) is 0 Å². The standard InChI is InChI=1S/C26H20N2O4S2/c29-26-28(18-19-9-3-1-4-10-19)23-16-15-21(17-25(23)33-26)34(30,31)27-22-13-7-8-14-24(22)32-20-11-5-2-6-12-20/h1-17,27H,18H2. The minimum atomic E-state index is -3.92. The minimum Gasteiger partial charge on any atom is -0.455 e. The summed E-state index contributed by atoms with van der Waals surface area (Å²) in [5, 5.41) is 0. The maximum Gasteiger partial charge on any atom is 0.308 e. The number of hydrogen-bond donors (Lipinski definition) is 1. The van der Waals surface area contributed by atoms with Gasteiger partial charge in [-0.2, -0.15) is 0 Å². The summed E-state index contributed by atoms with van der Waals surface area (Å²) in [6, 6.07) is 30.4. The number of nitrogens with zero attached hydrogens (tertiary/aromatic N) is 1. The molecule has 0 atom stereocenters. The molecule has 0 spiro atoms. The van der Waals surface area contributed by atoms with Crippen LogP contribution in [-0.2, 0) is 16.6 Å². The van der Waals surface area contributed by atoms with Crippen LogP contribution in [0.2, 0.25) is 0 Å². The smallest absolute Gasteiger partial charge is 0.308 e. The molecule has 0 aliphatic heterocycles. The van der Waals surface area contributed by atoms with Crippen LogP contribution >= 0.6 is 11.3 Å². The Kier molecular flexibility index (Phi) is 5.91. The first kappa shape index (κ1) is 21.9. The fraction of sp³-hybridized carbons (Fsp3) is 0.0385. The monoisotopic (exact) mass is 488 g/mol. The van der Waals surface area contributed by atoms with E-state index in [1.165, 1.54) is 12.1 Å². The molecular weight excluding hydrogens is 468 g/mol. The van der Waals surface area contributed by atoms with Gasteiger partial charge in [0.1, 0.15) is 5.75 Å². The van der Waals surface area contributed by atoms with E-state index in [1.807, 2.05) is 48.5 Å². The first-order valence-electron chi connectivity index (χ1n) is 10.5. The van der Waals surface area contributed by atoms with Crippen LogP contribution in [0.5, 0.6) is 11.5 Å². The van der Waals surface area contributed by atoms with Crippen LogP contribution in [0.4, 0.5) is 5.69 Å². The third-order valence-corrected chi connectivity index (χ3v) is 7.54. The number of benzene rings is 4. The Morgan fingerprint density at radius 1 is 0.824 bits per heavy atom. The molecule has 0 aliphatic rings. The molecule has 170 valence electrons. The molecule has 0 unspecified atom stereocenters. The predicted molar refractivity (Wildman–Crippen MR) is 135 cm³/mol. The molecule has 5 rings (SSSR count). The largest absolute Gasteiger partial charge is 0.455 e. The van der Waals surface area contributed by atoms with Crippen molar-refractivity contribution >= 4 is 37.3 Å². The number of thiazole rings is 1. The molecule has 6 nitrogen and oxygen atoms in total. The van der Waals surface area contributed by atoms with Crippen LogP contribution in [0.15, 0.2) is 113 Å². The number of sulfonamides is 1. The van der Waals surface area contributed by atoms with Crippen molar-refractivity contribution < 1.29 is 13.2 Å². The van der Waals surface area contributed by atoms with Crippen LogP contribution < -0.4 is 14.3 Å². The summed E-state index contributed by atoms with van der Waals surface area (Å²) >= 11 is 1.03. The van der Waals surface area contributed by atoms with Gasteiger partial charge in [-0.1, -0.05) is 72.0 Å². The lowest BCUT2D eigenvalue weighted by atomic mass is 10.2. The van der Waals surface area contributed by atoms with Gasteiger partial charge in [-0.3, -0.25) is 14.1 Å². The van der Waals surface area contributed by atoms with Crippen LogP contribution in [0.25, 0.3) is 10.2 Å². The highest BCUT2D eigenvalue weighted by molar-refractivity contribution is 7.92. The summed E-state index contributed by atoms with van der Waals surface area (Å²) in [4.78, 5) is 12.5. The average Bonchev–Trinajstić information content (AvgIpc) is 3.16. The van der Waals surface area contributed by atoms with Gasteiger partial charge in [-0.15, -0.1) is 0 Å². The molecule has 1 aromatic heterocycles. The Hall–Kier alpha value is -3.88. The van der Waals surface area contributed by atoms with Crippen LogP contribution in [0.3, 0.4) is 0 Å². The highest BCUT2D eigenvalue weighted by Gasteiger charge is 2.19. The first-order chi connectivity index (χ1) is 16.5. The van der Waals surface area contributed by atoms with Crippen molar-refractivity contribution in [3.63, 3.8) is 0 Å². The number of ether oxygens (including phenoxy) is 1. The molecule has 0 saturated heterocycles. The van der Waals surface area contributed by atoms with E-state index in [9.17, 15) is 13.2 Å². The summed E-state index contributed by atoms with van der Waals surface area (Å²) in [7, 11) is -3.92. The van der Waals surface area contributed by atoms with Crippen molar-refractivity contribution in [1.29, 1.82) is 0 Å². The van der Waals surface area contributed by atoms with Gasteiger partial charge in [0.2, 0.25) is 0 Å². The van der Waals surface area contributed by atoms with Gasteiger partial charge < -0.3 is 4.74 Å². The molecule has 1 heterocycles. The Balaban J connectivity index is 1.44. The van der Waals surface area contributed by atoms with Gasteiger partial charge in [-0.05, 0) is 48.0 Å². The molecule has 4 aromatic carbocycles. The van der Waals surface area contributed by atoms with Gasteiger partial charge in [0, 0.05) is 0 Å². The molecule has 0 fully saturated rings. The van der Waals surface area contributed by atoms with Crippen molar-refractivity contribution in [2.75, 3.05) is 4.72 Å². The molecule has 0 radical (unpaired) electrons. The Morgan fingerprint density at radius 2 is 1.50 bits per heavy atom. The topological polar surface area (TPSA) is 77.4 Å². The summed E-state index contributed by atoms with van der Waals surface area (Å²) < 4.78 is 37.1. The third kappa shape index (κ3) is 4.59. The quantitative estimate of drug-likeness (QED) is 0.319. The van der Waals surface area contributed by atoms with Crippen molar-refractivity contribution in [1.82, 2.24) is 4.57 Å². The SMILES string of the molecule is O=c1sc2cc(S(=O)(=O)Nc3ccccc3Oc3ccccc3)ccc2n1Cc1ccccc1. The number of fused-ring (bicyclic) bond motifs is 1. The zero-order chi connectivity index (χ0) is 23.5. The second-order valence-corrected chi connectivity index (χ2v) is 10.3. The molecule has 5 aromatic rings. The second-order valence-electron chi connectivity index (χ2n) is 7.59. The molecular formula is C26H20N2O4S2. The lowest BCUT2D eigenvalue weighted by Crippen LogP contribution is -2.14. The summed E-state index contributed by atoms with van der Waals surface area (Å²) in [6.45, 7) is 0.425. The fourth-order valence-corrected chi connectivity index (χ4v) is 5.69. The van der Waals surface area contributed by atoms with Crippen LogP contribution in [-0.4, -0.2) is 13.0 Å².